The third kappa shape index (κ3) is 4.92. The lowest BCUT2D eigenvalue weighted by molar-refractivity contribution is -0.137. The van der Waals surface area contributed by atoms with Gasteiger partial charge in [0, 0.05) is 19.2 Å². The van der Waals surface area contributed by atoms with E-state index in [-0.39, 0.29) is 12.0 Å². The van der Waals surface area contributed by atoms with Crippen LogP contribution in [0.15, 0.2) is 29.1 Å². The summed E-state index contributed by atoms with van der Waals surface area (Å²) >= 11 is 3.05. The predicted molar refractivity (Wildman–Crippen MR) is 119 cm³/mol. The highest BCUT2D eigenvalue weighted by Gasteiger charge is 2.31. The summed E-state index contributed by atoms with van der Waals surface area (Å²) in [6, 6.07) is 5.32. The van der Waals surface area contributed by atoms with Crippen LogP contribution in [0.4, 0.5) is 13.2 Å². The summed E-state index contributed by atoms with van der Waals surface area (Å²) in [6.07, 6.45) is 0.958. The molecule has 2 aromatic heterocycles. The third-order valence-corrected chi connectivity index (χ3v) is 7.10. The summed E-state index contributed by atoms with van der Waals surface area (Å²) in [7, 11) is 1.63. The number of hydrogen-bond donors (Lipinski definition) is 0. The SMILES string of the molecule is CSCCOc1c(Cc2cccc(C(F)(F)F)c2)sc2c(CC3CC3)nn(C)c(=O)c12. The van der Waals surface area contributed by atoms with Gasteiger partial charge in [0.2, 0.25) is 0 Å². The Bertz CT molecular complexity index is 1150. The number of hydrogen-bond acceptors (Lipinski definition) is 5. The largest absolute Gasteiger partial charge is 0.491 e. The molecule has 0 radical (unpaired) electrons. The lowest BCUT2D eigenvalue weighted by atomic mass is 10.1. The molecule has 0 atom stereocenters. The topological polar surface area (TPSA) is 44.1 Å². The van der Waals surface area contributed by atoms with Gasteiger partial charge in [-0.2, -0.15) is 30.0 Å². The number of thiophene rings is 1. The van der Waals surface area contributed by atoms with Crippen LogP contribution >= 0.6 is 23.1 Å². The molecule has 0 N–H and O–H groups in total. The van der Waals surface area contributed by atoms with Crippen molar-refractivity contribution < 1.29 is 17.9 Å². The van der Waals surface area contributed by atoms with Gasteiger partial charge >= 0.3 is 6.18 Å². The zero-order valence-corrected chi connectivity index (χ0v) is 18.9. The van der Waals surface area contributed by atoms with Crippen molar-refractivity contribution in [1.29, 1.82) is 0 Å². The Kier molecular flexibility index (Phi) is 6.35. The van der Waals surface area contributed by atoms with E-state index in [4.69, 9.17) is 4.74 Å². The van der Waals surface area contributed by atoms with Gasteiger partial charge in [-0.1, -0.05) is 18.2 Å². The Morgan fingerprint density at radius 3 is 2.77 bits per heavy atom. The monoisotopic (exact) mass is 468 g/mol. The number of aromatic nitrogens is 2. The number of halogens is 3. The number of nitrogens with zero attached hydrogens (tertiary/aromatic N) is 2. The van der Waals surface area contributed by atoms with E-state index in [1.54, 1.807) is 24.9 Å². The number of benzene rings is 1. The molecular weight excluding hydrogens is 445 g/mol. The lowest BCUT2D eigenvalue weighted by Crippen LogP contribution is -2.21. The van der Waals surface area contributed by atoms with Crippen LogP contribution < -0.4 is 10.3 Å². The molecule has 0 spiro atoms. The normalized spacial score (nSPS) is 14.4. The van der Waals surface area contributed by atoms with Crippen LogP contribution in [-0.2, 0) is 26.1 Å². The Morgan fingerprint density at radius 1 is 1.32 bits per heavy atom. The van der Waals surface area contributed by atoms with Gasteiger partial charge in [-0.25, -0.2) is 4.68 Å². The van der Waals surface area contributed by atoms with Gasteiger partial charge in [0.15, 0.2) is 0 Å². The van der Waals surface area contributed by atoms with Gasteiger partial charge < -0.3 is 4.74 Å². The molecule has 1 aromatic carbocycles. The van der Waals surface area contributed by atoms with E-state index in [9.17, 15) is 18.0 Å². The molecule has 1 saturated carbocycles. The van der Waals surface area contributed by atoms with E-state index in [1.807, 2.05) is 6.26 Å². The van der Waals surface area contributed by atoms with Crippen LogP contribution in [0.3, 0.4) is 0 Å². The number of fused-ring (bicyclic) bond motifs is 1. The smallest absolute Gasteiger partial charge is 0.416 e. The standard InChI is InChI=1S/C22H23F3N2O2S2/c1-27-21(28)18-19(29-8-9-30-2)17(31-20(18)16(26-27)11-13-6-7-13)12-14-4-3-5-15(10-14)22(23,24)25/h3-5,10,13H,6-9,11-12H2,1-2H3. The van der Waals surface area contributed by atoms with Crippen LogP contribution in [0.2, 0.25) is 0 Å². The molecule has 2 heterocycles. The van der Waals surface area contributed by atoms with E-state index < -0.39 is 11.7 Å². The molecule has 4 rings (SSSR count). The van der Waals surface area contributed by atoms with Gasteiger partial charge in [-0.15, -0.1) is 11.3 Å². The van der Waals surface area contributed by atoms with Gasteiger partial charge in [0.25, 0.3) is 5.56 Å². The highest BCUT2D eigenvalue weighted by molar-refractivity contribution is 7.98. The van der Waals surface area contributed by atoms with Gasteiger partial charge in [-0.3, -0.25) is 4.79 Å². The van der Waals surface area contributed by atoms with Crippen molar-refractivity contribution in [2.24, 2.45) is 13.0 Å². The highest BCUT2D eigenvalue weighted by atomic mass is 32.2. The summed E-state index contributed by atoms with van der Waals surface area (Å²) in [5.74, 6) is 1.83. The van der Waals surface area contributed by atoms with Crippen molar-refractivity contribution in [3.8, 4) is 5.75 Å². The average molecular weight is 469 g/mol. The maximum Gasteiger partial charge on any atom is 0.416 e. The number of rotatable bonds is 8. The Balaban J connectivity index is 1.80. The molecule has 0 amide bonds. The summed E-state index contributed by atoms with van der Waals surface area (Å²) < 4.78 is 47.7. The predicted octanol–water partition coefficient (Wildman–Crippen LogP) is 5.30. The van der Waals surface area contributed by atoms with Crippen molar-refractivity contribution in [1.82, 2.24) is 9.78 Å². The second-order valence-corrected chi connectivity index (χ2v) is 9.89. The highest BCUT2D eigenvalue weighted by Crippen LogP contribution is 2.41. The molecule has 31 heavy (non-hydrogen) atoms. The molecule has 1 aliphatic carbocycles. The minimum Gasteiger partial charge on any atom is -0.491 e. The molecule has 1 fully saturated rings. The van der Waals surface area contributed by atoms with Crippen LogP contribution in [-0.4, -0.2) is 28.4 Å². The maximum atomic E-state index is 13.2. The van der Waals surface area contributed by atoms with Gasteiger partial charge in [0.1, 0.15) is 11.1 Å². The Labute approximate surface area is 186 Å². The number of alkyl halides is 3. The fourth-order valence-electron chi connectivity index (χ4n) is 3.56. The van der Waals surface area contributed by atoms with Crippen molar-refractivity contribution >= 4 is 33.2 Å². The first-order chi connectivity index (χ1) is 14.8. The lowest BCUT2D eigenvalue weighted by Gasteiger charge is -2.10. The van der Waals surface area contributed by atoms with Gasteiger partial charge in [-0.05, 0) is 43.1 Å². The number of thioether (sulfide) groups is 1. The summed E-state index contributed by atoms with van der Waals surface area (Å²) in [4.78, 5) is 13.7. The first-order valence-corrected chi connectivity index (χ1v) is 12.3. The van der Waals surface area contributed by atoms with E-state index in [1.165, 1.54) is 22.1 Å². The van der Waals surface area contributed by atoms with E-state index in [0.717, 1.165) is 52.4 Å². The molecule has 0 unspecified atom stereocenters. The molecule has 4 nitrogen and oxygen atoms in total. The fraction of sp³-hybridized carbons (Fsp3) is 0.455. The second kappa shape index (κ2) is 8.86. The summed E-state index contributed by atoms with van der Waals surface area (Å²) in [6.45, 7) is 0.423. The Morgan fingerprint density at radius 2 is 2.10 bits per heavy atom. The summed E-state index contributed by atoms with van der Waals surface area (Å²) in [5, 5.41) is 4.99. The third-order valence-electron chi connectivity index (χ3n) is 5.31. The zero-order chi connectivity index (χ0) is 22.2. The van der Waals surface area contributed by atoms with Crippen LogP contribution in [0.5, 0.6) is 5.75 Å². The van der Waals surface area contributed by atoms with Gasteiger partial charge in [0.05, 0.1) is 27.4 Å². The molecule has 0 aliphatic heterocycles. The molecule has 3 aromatic rings. The van der Waals surface area contributed by atoms with E-state index in [2.05, 4.69) is 5.10 Å². The quantitative estimate of drug-likeness (QED) is 0.421. The van der Waals surface area contributed by atoms with Crippen molar-refractivity contribution in [2.75, 3.05) is 18.6 Å². The van der Waals surface area contributed by atoms with Crippen LogP contribution in [0.1, 0.15) is 34.5 Å². The molecule has 9 heteroatoms. The van der Waals surface area contributed by atoms with Crippen LogP contribution in [0, 0.1) is 5.92 Å². The number of ether oxygens (including phenoxy) is 1. The van der Waals surface area contributed by atoms with E-state index >= 15 is 0 Å². The second-order valence-electron chi connectivity index (χ2n) is 7.80. The minimum absolute atomic E-state index is 0.236. The first kappa shape index (κ1) is 22.2. The van der Waals surface area contributed by atoms with Crippen molar-refractivity contribution in [3.63, 3.8) is 0 Å². The summed E-state index contributed by atoms with van der Waals surface area (Å²) in [5.41, 5.74) is 0.488. The van der Waals surface area contributed by atoms with Crippen molar-refractivity contribution in [2.45, 2.75) is 31.9 Å². The minimum atomic E-state index is -4.40. The molecular formula is C22H23F3N2O2S2. The van der Waals surface area contributed by atoms with E-state index in [0.29, 0.717) is 29.2 Å². The first-order valence-electron chi connectivity index (χ1n) is 10.1. The number of aryl methyl sites for hydroxylation is 1. The van der Waals surface area contributed by atoms with Crippen molar-refractivity contribution in [3.05, 3.63) is 56.3 Å². The fourth-order valence-corrected chi connectivity index (χ4v) is 5.08. The Hall–Kier alpha value is -2.00. The molecule has 0 saturated heterocycles. The molecule has 0 bridgehead atoms. The molecule has 166 valence electrons. The molecule has 1 aliphatic rings. The van der Waals surface area contributed by atoms with Crippen LogP contribution in [0.25, 0.3) is 10.1 Å². The average Bonchev–Trinajstić information content (AvgIpc) is 3.46. The zero-order valence-electron chi connectivity index (χ0n) is 17.3. The maximum absolute atomic E-state index is 13.2.